The highest BCUT2D eigenvalue weighted by molar-refractivity contribution is 5.85. The van der Waals surface area contributed by atoms with Gasteiger partial charge < -0.3 is 15.3 Å². The predicted molar refractivity (Wildman–Crippen MR) is 71.2 cm³/mol. The molecule has 0 aromatic heterocycles. The van der Waals surface area contributed by atoms with Gasteiger partial charge in [0.05, 0.1) is 6.04 Å². The molecule has 21 heavy (non-hydrogen) atoms. The lowest BCUT2D eigenvalue weighted by Gasteiger charge is -2.40. The van der Waals surface area contributed by atoms with Crippen molar-refractivity contribution in [2.75, 3.05) is 0 Å². The maximum absolute atomic E-state index is 12.5. The Hall–Kier alpha value is -1.38. The molecule has 0 aromatic rings. The largest absolute Gasteiger partial charge is 0.465 e. The smallest absolute Gasteiger partial charge is 0.408 e. The van der Waals surface area contributed by atoms with Crippen molar-refractivity contribution in [1.82, 2.24) is 9.96 Å². The first kappa shape index (κ1) is 16.0. The summed E-state index contributed by atoms with van der Waals surface area (Å²) in [6, 6.07) is -1.58. The van der Waals surface area contributed by atoms with Gasteiger partial charge in [-0.2, -0.15) is 0 Å². The van der Waals surface area contributed by atoms with Crippen molar-refractivity contribution in [3.63, 3.8) is 0 Å². The number of aliphatic hydroxyl groups excluding tert-OH is 2. The summed E-state index contributed by atoms with van der Waals surface area (Å²) in [6.07, 6.45) is -3.54. The first-order valence-electron chi connectivity index (χ1n) is 6.94. The molecule has 0 spiro atoms. The molecule has 8 nitrogen and oxygen atoms in total. The Labute approximate surface area is 122 Å². The maximum Gasteiger partial charge on any atom is 0.408 e. The van der Waals surface area contributed by atoms with Crippen molar-refractivity contribution in [3.8, 4) is 0 Å². The van der Waals surface area contributed by atoms with Gasteiger partial charge in [-0.1, -0.05) is 0 Å². The third-order valence-corrected chi connectivity index (χ3v) is 4.04. The van der Waals surface area contributed by atoms with Gasteiger partial charge >= 0.3 is 6.09 Å². The van der Waals surface area contributed by atoms with E-state index >= 15 is 0 Å². The predicted octanol–water partition coefficient (Wildman–Crippen LogP) is -0.210. The molecule has 2 fully saturated rings. The quantitative estimate of drug-likeness (QED) is 0.651. The zero-order valence-electron chi connectivity index (χ0n) is 12.6. The van der Waals surface area contributed by atoms with Gasteiger partial charge in [0.2, 0.25) is 0 Å². The third kappa shape index (κ3) is 2.58. The van der Waals surface area contributed by atoms with Gasteiger partial charge in [0, 0.05) is 12.0 Å². The number of hydrogen-bond acceptors (Lipinski definition) is 5. The minimum absolute atomic E-state index is 0.351. The van der Waals surface area contributed by atoms with Gasteiger partial charge in [0.1, 0.15) is 24.4 Å². The van der Waals surface area contributed by atoms with Crippen molar-refractivity contribution >= 4 is 12.0 Å². The molecule has 1 saturated heterocycles. The van der Waals surface area contributed by atoms with Crippen LogP contribution in [0.15, 0.2) is 0 Å². The highest BCUT2D eigenvalue weighted by Gasteiger charge is 2.55. The number of nitrogens with zero attached hydrogens (tertiary/aromatic N) is 2. The Balaban J connectivity index is 2.15. The summed E-state index contributed by atoms with van der Waals surface area (Å²) in [7, 11) is 0. The van der Waals surface area contributed by atoms with E-state index in [0.29, 0.717) is 6.42 Å². The summed E-state index contributed by atoms with van der Waals surface area (Å²) in [5.41, 5.74) is -0.752. The molecule has 2 aliphatic rings. The van der Waals surface area contributed by atoms with Gasteiger partial charge in [-0.15, -0.1) is 0 Å². The van der Waals surface area contributed by atoms with Crippen molar-refractivity contribution in [3.05, 3.63) is 0 Å². The molecule has 0 aromatic carbocycles. The van der Waals surface area contributed by atoms with E-state index in [1.165, 1.54) is 6.92 Å². The number of carbonyl (C=O) groups excluding carboxylic acids is 1. The molecule has 2 rings (SSSR count). The number of amides is 2. The molecule has 5 atom stereocenters. The van der Waals surface area contributed by atoms with Crippen LogP contribution in [0, 0.1) is 0 Å². The van der Waals surface area contributed by atoms with Crippen molar-refractivity contribution in [2.24, 2.45) is 0 Å². The number of carbonyl (C=O) groups is 2. The van der Waals surface area contributed by atoms with Gasteiger partial charge in [-0.05, 0) is 27.7 Å². The fourth-order valence-corrected chi connectivity index (χ4v) is 3.07. The van der Waals surface area contributed by atoms with Crippen LogP contribution in [0.4, 0.5) is 4.79 Å². The van der Waals surface area contributed by atoms with E-state index < -0.39 is 47.9 Å². The molecule has 120 valence electrons. The van der Waals surface area contributed by atoms with E-state index in [-0.39, 0.29) is 0 Å². The van der Waals surface area contributed by atoms with Crippen LogP contribution in [-0.2, 0) is 9.63 Å². The van der Waals surface area contributed by atoms with E-state index in [4.69, 9.17) is 4.84 Å². The monoisotopic (exact) mass is 302 g/mol. The number of rotatable bonds is 2. The fourth-order valence-electron chi connectivity index (χ4n) is 3.07. The molecule has 2 amide bonds. The second-order valence-electron chi connectivity index (χ2n) is 6.59. The lowest BCUT2D eigenvalue weighted by Crippen LogP contribution is -2.59. The highest BCUT2D eigenvalue weighted by Crippen LogP contribution is 2.36. The summed E-state index contributed by atoms with van der Waals surface area (Å²) in [5.74, 6) is -0.536. The molecule has 1 heterocycles. The lowest BCUT2D eigenvalue weighted by atomic mass is 10.0. The van der Waals surface area contributed by atoms with Crippen LogP contribution >= 0.6 is 0 Å². The van der Waals surface area contributed by atoms with Crippen LogP contribution < -0.4 is 0 Å². The standard InChI is InChI=1S/C13H22N2O6/c1-6(14(12(19)20)13(2,3)4)11(18)15-7-5-8(21-15)10(17)9(7)16/h6-10,16-17H,5H2,1-4H3,(H,19,20)/t6-,7?,8?,9?,10?/m1/s1. The Morgan fingerprint density at radius 3 is 2.24 bits per heavy atom. The van der Waals surface area contributed by atoms with Gasteiger partial charge in [-0.3, -0.25) is 14.5 Å². The van der Waals surface area contributed by atoms with Gasteiger partial charge in [-0.25, -0.2) is 9.86 Å². The molecular weight excluding hydrogens is 280 g/mol. The average Bonchev–Trinajstić information content (AvgIpc) is 2.87. The molecule has 0 radical (unpaired) electrons. The van der Waals surface area contributed by atoms with Crippen molar-refractivity contribution < 1.29 is 29.7 Å². The number of aliphatic hydroxyl groups is 2. The number of carboxylic acid groups (broad SMARTS) is 1. The first-order chi connectivity index (χ1) is 9.55. The molecular formula is C13H22N2O6. The maximum atomic E-state index is 12.5. The number of hydroxylamine groups is 2. The normalized spacial score (nSPS) is 33.1. The lowest BCUT2D eigenvalue weighted by molar-refractivity contribution is -0.242. The SMILES string of the molecule is C[C@H](C(=O)N1OC2CC1C(O)C2O)N(C(=O)O)C(C)(C)C. The molecule has 1 aliphatic carbocycles. The van der Waals surface area contributed by atoms with Crippen molar-refractivity contribution in [1.29, 1.82) is 0 Å². The van der Waals surface area contributed by atoms with Crippen LogP contribution in [0.5, 0.6) is 0 Å². The van der Waals surface area contributed by atoms with Crippen LogP contribution in [0.3, 0.4) is 0 Å². The molecule has 1 aliphatic heterocycles. The first-order valence-corrected chi connectivity index (χ1v) is 6.94. The van der Waals surface area contributed by atoms with Gasteiger partial charge in [0.25, 0.3) is 5.91 Å². The fraction of sp³-hybridized carbons (Fsp3) is 0.846. The Bertz CT molecular complexity index is 446. The second kappa shape index (κ2) is 5.11. The van der Waals surface area contributed by atoms with E-state index in [2.05, 4.69) is 0 Å². The van der Waals surface area contributed by atoms with Crippen LogP contribution in [0.2, 0.25) is 0 Å². The molecule has 2 bridgehead atoms. The average molecular weight is 302 g/mol. The minimum atomic E-state index is -1.20. The third-order valence-electron chi connectivity index (χ3n) is 4.04. The molecule has 3 N–H and O–H groups in total. The van der Waals surface area contributed by atoms with Crippen LogP contribution in [-0.4, -0.2) is 73.2 Å². The van der Waals surface area contributed by atoms with Crippen LogP contribution in [0.25, 0.3) is 0 Å². The van der Waals surface area contributed by atoms with Gasteiger partial charge in [0.15, 0.2) is 0 Å². The Morgan fingerprint density at radius 1 is 1.29 bits per heavy atom. The van der Waals surface area contributed by atoms with E-state index in [1.54, 1.807) is 20.8 Å². The minimum Gasteiger partial charge on any atom is -0.465 e. The summed E-state index contributed by atoms with van der Waals surface area (Å²) >= 11 is 0. The number of hydrogen-bond donors (Lipinski definition) is 3. The summed E-state index contributed by atoms with van der Waals surface area (Å²) in [6.45, 7) is 6.57. The highest BCUT2D eigenvalue weighted by atomic mass is 16.7. The number of fused-ring (bicyclic) bond motifs is 2. The second-order valence-corrected chi connectivity index (χ2v) is 6.59. The van der Waals surface area contributed by atoms with E-state index in [1.807, 2.05) is 0 Å². The molecule has 1 saturated carbocycles. The molecule has 4 unspecified atom stereocenters. The van der Waals surface area contributed by atoms with E-state index in [9.17, 15) is 24.9 Å². The topological polar surface area (TPSA) is 111 Å². The summed E-state index contributed by atoms with van der Waals surface area (Å²) in [4.78, 5) is 30.3. The summed E-state index contributed by atoms with van der Waals surface area (Å²) in [5, 5.41) is 29.8. The van der Waals surface area contributed by atoms with Crippen molar-refractivity contribution in [2.45, 2.75) is 70.1 Å². The van der Waals surface area contributed by atoms with E-state index in [0.717, 1.165) is 9.96 Å². The Morgan fingerprint density at radius 2 is 1.86 bits per heavy atom. The zero-order chi connectivity index (χ0) is 16.1. The Kier molecular flexibility index (Phi) is 3.90. The molecule has 8 heteroatoms. The van der Waals surface area contributed by atoms with Crippen LogP contribution in [0.1, 0.15) is 34.1 Å². The zero-order valence-corrected chi connectivity index (χ0v) is 12.6. The summed E-state index contributed by atoms with van der Waals surface area (Å²) < 4.78 is 0.